The molecule has 9 heteroatoms. The highest BCUT2D eigenvalue weighted by Crippen LogP contribution is 2.28. The standard InChI is InChI=1S/C19H14Cl2FN3O3/c1-28-17-9-13(22)2-3-15(17)16-4-5-19(27)25(24-16)10-18(26)23-14-7-11(20)6-12(21)8-14/h2-9H,10H2,1H3,(H,23,26). The Bertz CT molecular complexity index is 1080. The molecule has 0 saturated heterocycles. The molecule has 3 aromatic rings. The highest BCUT2D eigenvalue weighted by atomic mass is 35.5. The lowest BCUT2D eigenvalue weighted by Crippen LogP contribution is -2.29. The number of carbonyl (C=O) groups is 1. The van der Waals surface area contributed by atoms with E-state index in [4.69, 9.17) is 27.9 Å². The first-order valence-corrected chi connectivity index (χ1v) is 8.79. The lowest BCUT2D eigenvalue weighted by atomic mass is 10.1. The Labute approximate surface area is 169 Å². The van der Waals surface area contributed by atoms with Gasteiger partial charge in [0.05, 0.1) is 12.8 Å². The first-order chi connectivity index (χ1) is 13.4. The van der Waals surface area contributed by atoms with Crippen molar-refractivity contribution in [2.45, 2.75) is 6.54 Å². The van der Waals surface area contributed by atoms with Gasteiger partial charge in [0.25, 0.3) is 5.56 Å². The quantitative estimate of drug-likeness (QED) is 0.675. The summed E-state index contributed by atoms with van der Waals surface area (Å²) in [6.07, 6.45) is 0. The van der Waals surface area contributed by atoms with E-state index < -0.39 is 17.3 Å². The zero-order valence-corrected chi connectivity index (χ0v) is 16.1. The van der Waals surface area contributed by atoms with E-state index in [1.165, 1.54) is 55.6 Å². The van der Waals surface area contributed by atoms with Crippen molar-refractivity contribution in [2.75, 3.05) is 12.4 Å². The van der Waals surface area contributed by atoms with Gasteiger partial charge < -0.3 is 10.1 Å². The molecule has 6 nitrogen and oxygen atoms in total. The number of methoxy groups -OCH3 is 1. The Kier molecular flexibility index (Phi) is 5.96. The van der Waals surface area contributed by atoms with Crippen LogP contribution in [0.25, 0.3) is 11.3 Å². The number of nitrogens with zero attached hydrogens (tertiary/aromatic N) is 2. The Morgan fingerprint density at radius 1 is 1.14 bits per heavy atom. The SMILES string of the molecule is COc1cc(F)ccc1-c1ccc(=O)n(CC(=O)Nc2cc(Cl)cc(Cl)c2)n1. The minimum Gasteiger partial charge on any atom is -0.496 e. The number of amides is 1. The molecule has 28 heavy (non-hydrogen) atoms. The molecule has 0 unspecified atom stereocenters. The fourth-order valence-corrected chi connectivity index (χ4v) is 3.07. The molecular weight excluding hydrogens is 408 g/mol. The second-order valence-electron chi connectivity index (χ2n) is 5.77. The summed E-state index contributed by atoms with van der Waals surface area (Å²) < 4.78 is 19.6. The van der Waals surface area contributed by atoms with E-state index in [0.29, 0.717) is 27.0 Å². The van der Waals surface area contributed by atoms with Crippen LogP contribution in [0.4, 0.5) is 10.1 Å². The minimum atomic E-state index is -0.490. The number of hydrogen-bond acceptors (Lipinski definition) is 4. The monoisotopic (exact) mass is 421 g/mol. The van der Waals surface area contributed by atoms with Crippen LogP contribution in [0, 0.1) is 5.82 Å². The summed E-state index contributed by atoms with van der Waals surface area (Å²) in [6.45, 7) is -0.333. The van der Waals surface area contributed by atoms with E-state index in [2.05, 4.69) is 10.4 Å². The molecule has 0 spiro atoms. The molecule has 3 rings (SSSR count). The zero-order chi connectivity index (χ0) is 20.3. The molecule has 0 atom stereocenters. The van der Waals surface area contributed by atoms with Crippen LogP contribution >= 0.6 is 23.2 Å². The molecule has 0 aliphatic carbocycles. The third kappa shape index (κ3) is 4.68. The summed E-state index contributed by atoms with van der Waals surface area (Å²) in [5.74, 6) is -0.694. The molecule has 1 aromatic heterocycles. The minimum absolute atomic E-state index is 0.260. The highest BCUT2D eigenvalue weighted by molar-refractivity contribution is 6.35. The molecule has 0 radical (unpaired) electrons. The van der Waals surface area contributed by atoms with Gasteiger partial charge in [-0.15, -0.1) is 0 Å². The van der Waals surface area contributed by atoms with Gasteiger partial charge in [0.2, 0.25) is 5.91 Å². The van der Waals surface area contributed by atoms with Crippen LogP contribution < -0.4 is 15.6 Å². The normalized spacial score (nSPS) is 10.6. The van der Waals surface area contributed by atoms with Crippen LogP contribution in [0.2, 0.25) is 10.0 Å². The summed E-state index contributed by atoms with van der Waals surface area (Å²) in [5, 5.41) is 7.52. The lowest BCUT2D eigenvalue weighted by Gasteiger charge is -2.11. The van der Waals surface area contributed by atoms with Crippen molar-refractivity contribution in [3.63, 3.8) is 0 Å². The van der Waals surface area contributed by atoms with E-state index in [1.54, 1.807) is 0 Å². The molecule has 1 amide bonds. The maximum absolute atomic E-state index is 13.4. The summed E-state index contributed by atoms with van der Waals surface area (Å²) >= 11 is 11.8. The van der Waals surface area contributed by atoms with Crippen molar-refractivity contribution >= 4 is 34.8 Å². The smallest absolute Gasteiger partial charge is 0.267 e. The highest BCUT2D eigenvalue weighted by Gasteiger charge is 2.12. The van der Waals surface area contributed by atoms with Crippen molar-refractivity contribution < 1.29 is 13.9 Å². The van der Waals surface area contributed by atoms with Gasteiger partial charge in [-0.05, 0) is 36.4 Å². The molecule has 0 saturated carbocycles. The van der Waals surface area contributed by atoms with Crippen LogP contribution in [0.1, 0.15) is 0 Å². The molecule has 0 bridgehead atoms. The van der Waals surface area contributed by atoms with Crippen molar-refractivity contribution in [3.8, 4) is 17.0 Å². The second-order valence-corrected chi connectivity index (χ2v) is 6.64. The number of ether oxygens (including phenoxy) is 1. The van der Waals surface area contributed by atoms with Crippen LogP contribution in [-0.4, -0.2) is 22.8 Å². The van der Waals surface area contributed by atoms with Gasteiger partial charge in [-0.3, -0.25) is 9.59 Å². The van der Waals surface area contributed by atoms with Crippen molar-refractivity contribution in [2.24, 2.45) is 0 Å². The lowest BCUT2D eigenvalue weighted by molar-refractivity contribution is -0.117. The van der Waals surface area contributed by atoms with Crippen molar-refractivity contribution in [1.82, 2.24) is 9.78 Å². The first-order valence-electron chi connectivity index (χ1n) is 8.04. The number of carbonyl (C=O) groups excluding carboxylic acids is 1. The van der Waals surface area contributed by atoms with Gasteiger partial charge in [-0.25, -0.2) is 9.07 Å². The number of rotatable bonds is 5. The van der Waals surface area contributed by atoms with Gasteiger partial charge in [-0.1, -0.05) is 23.2 Å². The predicted octanol–water partition coefficient (Wildman–Crippen LogP) is 4.00. The Balaban J connectivity index is 1.86. The molecule has 1 heterocycles. The average molecular weight is 422 g/mol. The van der Waals surface area contributed by atoms with Crippen LogP contribution in [-0.2, 0) is 11.3 Å². The average Bonchev–Trinajstić information content (AvgIpc) is 2.62. The van der Waals surface area contributed by atoms with E-state index in [1.807, 2.05) is 0 Å². The molecule has 0 fully saturated rings. The van der Waals surface area contributed by atoms with Gasteiger partial charge in [0.15, 0.2) is 0 Å². The van der Waals surface area contributed by atoms with Crippen LogP contribution in [0.5, 0.6) is 5.75 Å². The molecule has 0 aliphatic rings. The number of benzene rings is 2. The number of nitrogens with one attached hydrogen (secondary N) is 1. The molecule has 0 aliphatic heterocycles. The Hall–Kier alpha value is -2.90. The van der Waals surface area contributed by atoms with Gasteiger partial charge in [-0.2, -0.15) is 5.10 Å². The molecular formula is C19H14Cl2FN3O3. The third-order valence-corrected chi connectivity index (χ3v) is 4.18. The fourth-order valence-electron chi connectivity index (χ4n) is 2.55. The number of halogens is 3. The summed E-state index contributed by atoms with van der Waals surface area (Å²) in [4.78, 5) is 24.4. The third-order valence-electron chi connectivity index (χ3n) is 3.75. The van der Waals surface area contributed by atoms with E-state index in [0.717, 1.165) is 4.68 Å². The Morgan fingerprint density at radius 3 is 2.54 bits per heavy atom. The maximum Gasteiger partial charge on any atom is 0.267 e. The number of hydrogen-bond donors (Lipinski definition) is 1. The fraction of sp³-hybridized carbons (Fsp3) is 0.105. The zero-order valence-electron chi connectivity index (χ0n) is 14.6. The van der Waals surface area contributed by atoms with E-state index in [9.17, 15) is 14.0 Å². The van der Waals surface area contributed by atoms with Gasteiger partial charge >= 0.3 is 0 Å². The van der Waals surface area contributed by atoms with Crippen molar-refractivity contribution in [3.05, 3.63) is 74.7 Å². The largest absolute Gasteiger partial charge is 0.496 e. The summed E-state index contributed by atoms with van der Waals surface area (Å²) in [6, 6.07) is 11.3. The van der Waals surface area contributed by atoms with E-state index in [-0.39, 0.29) is 12.3 Å². The first kappa shape index (κ1) is 19.9. The summed E-state index contributed by atoms with van der Waals surface area (Å²) in [7, 11) is 1.40. The predicted molar refractivity (Wildman–Crippen MR) is 106 cm³/mol. The van der Waals surface area contributed by atoms with Crippen LogP contribution in [0.3, 0.4) is 0 Å². The van der Waals surface area contributed by atoms with Crippen LogP contribution in [0.15, 0.2) is 53.3 Å². The second kappa shape index (κ2) is 8.41. The molecule has 2 aromatic carbocycles. The van der Waals surface area contributed by atoms with E-state index >= 15 is 0 Å². The summed E-state index contributed by atoms with van der Waals surface area (Å²) in [5.41, 5.74) is 0.769. The molecule has 144 valence electrons. The molecule has 1 N–H and O–H groups in total. The topological polar surface area (TPSA) is 73.2 Å². The Morgan fingerprint density at radius 2 is 1.86 bits per heavy atom. The number of anilines is 1. The van der Waals surface area contributed by atoms with Gasteiger partial charge in [0, 0.05) is 33.4 Å². The maximum atomic E-state index is 13.4. The number of aromatic nitrogens is 2. The van der Waals surface area contributed by atoms with Crippen molar-refractivity contribution in [1.29, 1.82) is 0 Å². The van der Waals surface area contributed by atoms with Gasteiger partial charge in [0.1, 0.15) is 18.1 Å².